The van der Waals surface area contributed by atoms with E-state index >= 15 is 0 Å². The first-order chi connectivity index (χ1) is 8.12. The van der Waals surface area contributed by atoms with Crippen LogP contribution in [0.15, 0.2) is 16.6 Å². The predicted octanol–water partition coefficient (Wildman–Crippen LogP) is 3.93. The van der Waals surface area contributed by atoms with Crippen LogP contribution >= 0.6 is 15.9 Å². The van der Waals surface area contributed by atoms with E-state index in [1.54, 1.807) is 0 Å². The number of benzene rings is 1. The zero-order valence-electron chi connectivity index (χ0n) is 10.5. The van der Waals surface area contributed by atoms with Crippen LogP contribution in [-0.2, 0) is 0 Å². The summed E-state index contributed by atoms with van der Waals surface area (Å²) in [6, 6.07) is 4.43. The van der Waals surface area contributed by atoms with Crippen LogP contribution in [-0.4, -0.2) is 19.1 Å². The molecule has 2 nitrogen and oxygen atoms in total. The van der Waals surface area contributed by atoms with Gasteiger partial charge in [0.05, 0.1) is 16.9 Å². The number of fused-ring (bicyclic) bond motifs is 1. The molecule has 1 heterocycles. The van der Waals surface area contributed by atoms with Gasteiger partial charge in [0, 0.05) is 18.1 Å². The Bertz CT molecular complexity index is 450. The SMILES string of the molecule is Cc1cc(Br)cc2c1NCC1(CCCC1)N2C. The quantitative estimate of drug-likeness (QED) is 0.780. The summed E-state index contributed by atoms with van der Waals surface area (Å²) < 4.78 is 1.18. The highest BCUT2D eigenvalue weighted by Crippen LogP contribution is 2.45. The minimum absolute atomic E-state index is 0.361. The lowest BCUT2D eigenvalue weighted by molar-refractivity contribution is 0.428. The van der Waals surface area contributed by atoms with E-state index in [2.05, 4.69) is 52.3 Å². The molecule has 92 valence electrons. The van der Waals surface area contributed by atoms with Crippen LogP contribution in [0.5, 0.6) is 0 Å². The molecule has 3 heteroatoms. The van der Waals surface area contributed by atoms with Crippen molar-refractivity contribution in [2.45, 2.75) is 38.1 Å². The summed E-state index contributed by atoms with van der Waals surface area (Å²) in [6.07, 6.45) is 5.38. The smallest absolute Gasteiger partial charge is 0.0618 e. The van der Waals surface area contributed by atoms with Gasteiger partial charge in [-0.25, -0.2) is 0 Å². The molecule has 3 rings (SSSR count). The monoisotopic (exact) mass is 294 g/mol. The number of nitrogens with zero attached hydrogens (tertiary/aromatic N) is 1. The topological polar surface area (TPSA) is 15.3 Å². The number of hydrogen-bond donors (Lipinski definition) is 1. The van der Waals surface area contributed by atoms with E-state index < -0.39 is 0 Å². The van der Waals surface area contributed by atoms with Gasteiger partial charge in [-0.05, 0) is 37.5 Å². The second-order valence-electron chi connectivity index (χ2n) is 5.46. The Hall–Kier alpha value is -0.700. The van der Waals surface area contributed by atoms with Gasteiger partial charge < -0.3 is 10.2 Å². The Morgan fingerprint density at radius 2 is 2.00 bits per heavy atom. The van der Waals surface area contributed by atoms with Gasteiger partial charge in [-0.1, -0.05) is 28.8 Å². The van der Waals surface area contributed by atoms with Gasteiger partial charge in [0.2, 0.25) is 0 Å². The predicted molar refractivity (Wildman–Crippen MR) is 77.0 cm³/mol. The molecule has 0 saturated heterocycles. The molecular weight excluding hydrogens is 276 g/mol. The molecule has 0 bridgehead atoms. The summed E-state index contributed by atoms with van der Waals surface area (Å²) >= 11 is 3.61. The van der Waals surface area contributed by atoms with E-state index in [-0.39, 0.29) is 0 Å². The Kier molecular flexibility index (Phi) is 2.62. The third-order valence-corrected chi connectivity index (χ3v) is 4.94. The van der Waals surface area contributed by atoms with Crippen molar-refractivity contribution in [1.82, 2.24) is 0 Å². The van der Waals surface area contributed by atoms with Crippen LogP contribution in [0.4, 0.5) is 11.4 Å². The molecular formula is C14H19BrN2. The first kappa shape index (κ1) is 11.4. The number of nitrogens with one attached hydrogen (secondary N) is 1. The first-order valence-corrected chi connectivity index (χ1v) is 7.20. The second-order valence-corrected chi connectivity index (χ2v) is 6.38. The van der Waals surface area contributed by atoms with Crippen LogP contribution in [0.25, 0.3) is 0 Å². The molecule has 0 unspecified atom stereocenters. The molecule has 1 aliphatic heterocycles. The summed E-state index contributed by atoms with van der Waals surface area (Å²) in [5, 5.41) is 3.66. The Balaban J connectivity index is 2.08. The van der Waals surface area contributed by atoms with Crippen LogP contribution in [0, 0.1) is 6.92 Å². The van der Waals surface area contributed by atoms with Gasteiger partial charge >= 0.3 is 0 Å². The molecule has 1 aliphatic carbocycles. The molecule has 0 radical (unpaired) electrons. The van der Waals surface area contributed by atoms with Crippen molar-refractivity contribution in [2.24, 2.45) is 0 Å². The lowest BCUT2D eigenvalue weighted by Crippen LogP contribution is -2.52. The molecule has 1 aromatic carbocycles. The summed E-state index contributed by atoms with van der Waals surface area (Å²) in [5.41, 5.74) is 4.35. The maximum absolute atomic E-state index is 3.66. The van der Waals surface area contributed by atoms with Crippen molar-refractivity contribution in [3.8, 4) is 0 Å². The Morgan fingerprint density at radius 3 is 2.71 bits per heavy atom. The van der Waals surface area contributed by atoms with Crippen LogP contribution in [0.1, 0.15) is 31.2 Å². The normalized spacial score (nSPS) is 21.5. The number of hydrogen-bond acceptors (Lipinski definition) is 2. The third kappa shape index (κ3) is 1.67. The second kappa shape index (κ2) is 3.91. The van der Waals surface area contributed by atoms with E-state index in [0.717, 1.165) is 6.54 Å². The van der Waals surface area contributed by atoms with Crippen molar-refractivity contribution >= 4 is 27.3 Å². The number of rotatable bonds is 0. The maximum atomic E-state index is 3.66. The lowest BCUT2D eigenvalue weighted by atomic mass is 9.91. The van der Waals surface area contributed by atoms with Crippen LogP contribution in [0.3, 0.4) is 0 Å². The Labute approximate surface area is 112 Å². The molecule has 1 N–H and O–H groups in total. The molecule has 0 atom stereocenters. The number of aryl methyl sites for hydroxylation is 1. The van der Waals surface area contributed by atoms with Gasteiger partial charge in [-0.15, -0.1) is 0 Å². The first-order valence-electron chi connectivity index (χ1n) is 6.40. The van der Waals surface area contributed by atoms with E-state index in [1.807, 2.05) is 0 Å². The zero-order valence-corrected chi connectivity index (χ0v) is 12.1. The van der Waals surface area contributed by atoms with E-state index in [1.165, 1.54) is 47.1 Å². The van der Waals surface area contributed by atoms with E-state index in [0.29, 0.717) is 5.54 Å². The van der Waals surface area contributed by atoms with Crippen LogP contribution in [0.2, 0.25) is 0 Å². The molecule has 0 aromatic heterocycles. The van der Waals surface area contributed by atoms with Crippen molar-refractivity contribution in [3.05, 3.63) is 22.2 Å². The van der Waals surface area contributed by atoms with Crippen molar-refractivity contribution in [2.75, 3.05) is 23.8 Å². The average molecular weight is 295 g/mol. The minimum atomic E-state index is 0.361. The highest BCUT2D eigenvalue weighted by molar-refractivity contribution is 9.10. The third-order valence-electron chi connectivity index (χ3n) is 4.48. The fourth-order valence-corrected chi connectivity index (χ4v) is 3.95. The summed E-state index contributed by atoms with van der Waals surface area (Å²) in [4.78, 5) is 2.52. The largest absolute Gasteiger partial charge is 0.381 e. The van der Waals surface area contributed by atoms with Gasteiger partial charge in [-0.3, -0.25) is 0 Å². The molecule has 1 aromatic rings. The van der Waals surface area contributed by atoms with Crippen LogP contribution < -0.4 is 10.2 Å². The van der Waals surface area contributed by atoms with Gasteiger partial charge in [0.1, 0.15) is 0 Å². The van der Waals surface area contributed by atoms with E-state index in [4.69, 9.17) is 0 Å². The fourth-order valence-electron chi connectivity index (χ4n) is 3.39. The number of halogens is 1. The molecule has 1 fully saturated rings. The van der Waals surface area contributed by atoms with Crippen molar-refractivity contribution < 1.29 is 0 Å². The average Bonchev–Trinajstić information content (AvgIpc) is 2.74. The summed E-state index contributed by atoms with van der Waals surface area (Å²) in [5.74, 6) is 0. The lowest BCUT2D eigenvalue weighted by Gasteiger charge is -2.46. The minimum Gasteiger partial charge on any atom is -0.381 e. The fraction of sp³-hybridized carbons (Fsp3) is 0.571. The molecule has 1 spiro atoms. The maximum Gasteiger partial charge on any atom is 0.0618 e. The van der Waals surface area contributed by atoms with Crippen molar-refractivity contribution in [1.29, 1.82) is 0 Å². The molecule has 17 heavy (non-hydrogen) atoms. The summed E-state index contributed by atoms with van der Waals surface area (Å²) in [7, 11) is 2.26. The van der Waals surface area contributed by atoms with Crippen molar-refractivity contribution in [3.63, 3.8) is 0 Å². The highest BCUT2D eigenvalue weighted by Gasteiger charge is 2.41. The van der Waals surface area contributed by atoms with Gasteiger partial charge in [0.25, 0.3) is 0 Å². The summed E-state index contributed by atoms with van der Waals surface area (Å²) in [6.45, 7) is 3.27. The zero-order chi connectivity index (χ0) is 12.0. The molecule has 1 saturated carbocycles. The van der Waals surface area contributed by atoms with Gasteiger partial charge in [-0.2, -0.15) is 0 Å². The number of anilines is 2. The molecule has 2 aliphatic rings. The number of likely N-dealkylation sites (N-methyl/N-ethyl adjacent to an activating group) is 1. The standard InChI is InChI=1S/C14H19BrN2/c1-10-7-11(15)8-12-13(10)16-9-14(17(12)2)5-3-4-6-14/h7-8,16H,3-6,9H2,1-2H3. The van der Waals surface area contributed by atoms with E-state index in [9.17, 15) is 0 Å². The molecule has 0 amide bonds. The highest BCUT2D eigenvalue weighted by atomic mass is 79.9. The van der Waals surface area contributed by atoms with Gasteiger partial charge in [0.15, 0.2) is 0 Å². The Morgan fingerprint density at radius 1 is 1.29 bits per heavy atom.